The highest BCUT2D eigenvalue weighted by Gasteiger charge is 2.21. The minimum atomic E-state index is -0.200. The number of methoxy groups -OCH3 is 1. The second kappa shape index (κ2) is 9.28. The molecule has 0 bridgehead atoms. The van der Waals surface area contributed by atoms with Crippen molar-refractivity contribution in [3.63, 3.8) is 0 Å². The second-order valence-electron chi connectivity index (χ2n) is 4.95. The predicted molar refractivity (Wildman–Crippen MR) is 75.2 cm³/mol. The van der Waals surface area contributed by atoms with Crippen LogP contribution < -0.4 is 5.32 Å². The summed E-state index contributed by atoms with van der Waals surface area (Å²) in [5.41, 5.74) is 0. The average Bonchev–Trinajstić information content (AvgIpc) is 2.93. The van der Waals surface area contributed by atoms with Gasteiger partial charge in [-0.2, -0.15) is 0 Å². The summed E-state index contributed by atoms with van der Waals surface area (Å²) in [5.74, 6) is -0.171. The van der Waals surface area contributed by atoms with Crippen LogP contribution in [0.3, 0.4) is 0 Å². The first-order chi connectivity index (χ1) is 9.21. The van der Waals surface area contributed by atoms with Crippen LogP contribution in [-0.4, -0.2) is 62.9 Å². The van der Waals surface area contributed by atoms with Gasteiger partial charge in [0.05, 0.1) is 13.2 Å². The first kappa shape index (κ1) is 16.4. The van der Waals surface area contributed by atoms with E-state index >= 15 is 0 Å². The number of rotatable bonds is 9. The monoisotopic (exact) mass is 272 g/mol. The standard InChI is InChI=1S/C14H28N2O3/c1-4-15-13(14(17)18-3)8-9-16(5-2)11-12-7-6-10-19-12/h12-13,15H,4-11H2,1-3H3. The molecule has 5 heteroatoms. The summed E-state index contributed by atoms with van der Waals surface area (Å²) in [7, 11) is 1.44. The van der Waals surface area contributed by atoms with Gasteiger partial charge in [0.15, 0.2) is 0 Å². The normalized spacial score (nSPS) is 20.7. The summed E-state index contributed by atoms with van der Waals surface area (Å²) in [4.78, 5) is 14.0. The van der Waals surface area contributed by atoms with Gasteiger partial charge in [-0.3, -0.25) is 4.79 Å². The van der Waals surface area contributed by atoms with Crippen molar-refractivity contribution < 1.29 is 14.3 Å². The first-order valence-corrected chi connectivity index (χ1v) is 7.36. The molecule has 0 aromatic rings. The molecule has 1 fully saturated rings. The van der Waals surface area contributed by atoms with Crippen molar-refractivity contribution in [3.05, 3.63) is 0 Å². The third-order valence-corrected chi connectivity index (χ3v) is 3.60. The van der Waals surface area contributed by atoms with E-state index in [1.165, 1.54) is 13.5 Å². The number of likely N-dealkylation sites (N-methyl/N-ethyl adjacent to an activating group) is 2. The van der Waals surface area contributed by atoms with Gasteiger partial charge in [0.25, 0.3) is 0 Å². The van der Waals surface area contributed by atoms with E-state index in [0.717, 1.165) is 45.6 Å². The predicted octanol–water partition coefficient (Wildman–Crippen LogP) is 1.03. The van der Waals surface area contributed by atoms with E-state index in [-0.39, 0.29) is 12.0 Å². The van der Waals surface area contributed by atoms with Gasteiger partial charge in [0, 0.05) is 19.7 Å². The van der Waals surface area contributed by atoms with Gasteiger partial charge in [0.2, 0.25) is 0 Å². The van der Waals surface area contributed by atoms with Gasteiger partial charge in [0.1, 0.15) is 6.04 Å². The highest BCUT2D eigenvalue weighted by atomic mass is 16.5. The summed E-state index contributed by atoms with van der Waals surface area (Å²) in [6, 6.07) is -0.200. The third kappa shape index (κ3) is 5.89. The van der Waals surface area contributed by atoms with Crippen LogP contribution in [0.5, 0.6) is 0 Å². The van der Waals surface area contributed by atoms with Crippen LogP contribution in [0.15, 0.2) is 0 Å². The van der Waals surface area contributed by atoms with Crippen LogP contribution in [0, 0.1) is 0 Å². The van der Waals surface area contributed by atoms with Crippen LogP contribution in [-0.2, 0) is 14.3 Å². The number of esters is 1. The Morgan fingerprint density at radius 1 is 1.53 bits per heavy atom. The van der Waals surface area contributed by atoms with Crippen molar-refractivity contribution in [3.8, 4) is 0 Å². The number of ether oxygens (including phenoxy) is 2. The van der Waals surface area contributed by atoms with E-state index < -0.39 is 0 Å². The topological polar surface area (TPSA) is 50.8 Å². The van der Waals surface area contributed by atoms with E-state index in [0.29, 0.717) is 6.10 Å². The molecular formula is C14H28N2O3. The Kier molecular flexibility index (Phi) is 8.02. The summed E-state index contributed by atoms with van der Waals surface area (Å²) < 4.78 is 10.5. The SMILES string of the molecule is CCNC(CCN(CC)CC1CCCO1)C(=O)OC. The van der Waals surface area contributed by atoms with Crippen LogP contribution in [0.1, 0.15) is 33.1 Å². The van der Waals surface area contributed by atoms with Crippen molar-refractivity contribution >= 4 is 5.97 Å². The molecule has 1 rings (SSSR count). The molecule has 0 amide bonds. The van der Waals surface area contributed by atoms with Gasteiger partial charge in [-0.05, 0) is 32.4 Å². The molecule has 112 valence electrons. The average molecular weight is 272 g/mol. The fraction of sp³-hybridized carbons (Fsp3) is 0.929. The lowest BCUT2D eigenvalue weighted by Gasteiger charge is -2.25. The van der Waals surface area contributed by atoms with E-state index in [1.807, 2.05) is 6.92 Å². The molecule has 1 heterocycles. The van der Waals surface area contributed by atoms with E-state index in [4.69, 9.17) is 9.47 Å². The van der Waals surface area contributed by atoms with Crippen molar-refractivity contribution in [1.29, 1.82) is 0 Å². The zero-order chi connectivity index (χ0) is 14.1. The Hall–Kier alpha value is -0.650. The van der Waals surface area contributed by atoms with Crippen molar-refractivity contribution in [1.82, 2.24) is 10.2 Å². The fourth-order valence-electron chi connectivity index (χ4n) is 2.46. The highest BCUT2D eigenvalue weighted by molar-refractivity contribution is 5.75. The number of carbonyl (C=O) groups excluding carboxylic acids is 1. The Morgan fingerprint density at radius 2 is 2.32 bits per heavy atom. The molecule has 2 atom stereocenters. The van der Waals surface area contributed by atoms with Crippen molar-refractivity contribution in [2.75, 3.05) is 39.9 Å². The van der Waals surface area contributed by atoms with Gasteiger partial charge >= 0.3 is 5.97 Å². The van der Waals surface area contributed by atoms with E-state index in [2.05, 4.69) is 17.1 Å². The zero-order valence-corrected chi connectivity index (χ0v) is 12.5. The molecule has 5 nitrogen and oxygen atoms in total. The lowest BCUT2D eigenvalue weighted by atomic mass is 10.1. The quantitative estimate of drug-likeness (QED) is 0.635. The minimum Gasteiger partial charge on any atom is -0.468 e. The Balaban J connectivity index is 2.34. The highest BCUT2D eigenvalue weighted by Crippen LogP contribution is 2.13. The molecular weight excluding hydrogens is 244 g/mol. The van der Waals surface area contributed by atoms with Crippen LogP contribution >= 0.6 is 0 Å². The van der Waals surface area contributed by atoms with E-state index in [1.54, 1.807) is 0 Å². The first-order valence-electron chi connectivity index (χ1n) is 7.36. The summed E-state index contributed by atoms with van der Waals surface area (Å²) in [6.45, 7) is 8.66. The number of carbonyl (C=O) groups is 1. The molecule has 1 N–H and O–H groups in total. The minimum absolute atomic E-state index is 0.171. The van der Waals surface area contributed by atoms with Gasteiger partial charge in [-0.1, -0.05) is 13.8 Å². The number of hydrogen-bond donors (Lipinski definition) is 1. The maximum absolute atomic E-state index is 11.6. The fourth-order valence-corrected chi connectivity index (χ4v) is 2.46. The summed E-state index contributed by atoms with van der Waals surface area (Å²) >= 11 is 0. The molecule has 1 aliphatic heterocycles. The summed E-state index contributed by atoms with van der Waals surface area (Å²) in [6.07, 6.45) is 3.48. The molecule has 0 aromatic carbocycles. The Morgan fingerprint density at radius 3 is 2.84 bits per heavy atom. The van der Waals surface area contributed by atoms with Crippen molar-refractivity contribution in [2.24, 2.45) is 0 Å². The molecule has 0 aromatic heterocycles. The molecule has 2 unspecified atom stereocenters. The van der Waals surface area contributed by atoms with Gasteiger partial charge in [-0.25, -0.2) is 0 Å². The molecule has 0 spiro atoms. The van der Waals surface area contributed by atoms with Crippen LogP contribution in [0.4, 0.5) is 0 Å². The summed E-state index contributed by atoms with van der Waals surface area (Å²) in [5, 5.41) is 3.17. The smallest absolute Gasteiger partial charge is 0.322 e. The van der Waals surface area contributed by atoms with Gasteiger partial charge < -0.3 is 19.7 Å². The molecule has 0 aliphatic carbocycles. The maximum atomic E-state index is 11.6. The third-order valence-electron chi connectivity index (χ3n) is 3.60. The largest absolute Gasteiger partial charge is 0.468 e. The second-order valence-corrected chi connectivity index (χ2v) is 4.95. The number of nitrogens with zero attached hydrogens (tertiary/aromatic N) is 1. The van der Waals surface area contributed by atoms with Crippen LogP contribution in [0.25, 0.3) is 0 Å². The van der Waals surface area contributed by atoms with Crippen molar-refractivity contribution in [2.45, 2.75) is 45.3 Å². The van der Waals surface area contributed by atoms with E-state index in [9.17, 15) is 4.79 Å². The molecule has 1 saturated heterocycles. The Labute approximate surface area is 116 Å². The molecule has 19 heavy (non-hydrogen) atoms. The lowest BCUT2D eigenvalue weighted by Crippen LogP contribution is -2.41. The molecule has 1 aliphatic rings. The number of nitrogens with one attached hydrogen (secondary N) is 1. The number of hydrogen-bond acceptors (Lipinski definition) is 5. The van der Waals surface area contributed by atoms with Gasteiger partial charge in [-0.15, -0.1) is 0 Å². The van der Waals surface area contributed by atoms with Crippen LogP contribution in [0.2, 0.25) is 0 Å². The molecule has 0 radical (unpaired) electrons. The lowest BCUT2D eigenvalue weighted by molar-refractivity contribution is -0.143. The maximum Gasteiger partial charge on any atom is 0.322 e. The zero-order valence-electron chi connectivity index (χ0n) is 12.5. The Bertz CT molecular complexity index is 255. The molecule has 0 saturated carbocycles.